The Morgan fingerprint density at radius 3 is 2.12 bits per heavy atom. The predicted octanol–water partition coefficient (Wildman–Crippen LogP) is 1.46. The van der Waals surface area contributed by atoms with Crippen molar-refractivity contribution >= 4 is 11.9 Å². The van der Waals surface area contributed by atoms with E-state index in [1.807, 2.05) is 0 Å². The van der Waals surface area contributed by atoms with Gasteiger partial charge in [0.1, 0.15) is 0 Å². The molecule has 0 rings (SSSR count). The van der Waals surface area contributed by atoms with Crippen molar-refractivity contribution in [2.24, 2.45) is 5.92 Å². The van der Waals surface area contributed by atoms with Crippen LogP contribution in [0.1, 0.15) is 13.8 Å². The summed E-state index contributed by atoms with van der Waals surface area (Å²) in [6.07, 6.45) is -4.11. The number of carboxylic acids is 1. The largest absolute Gasteiger partial charge is 0.481 e. The summed E-state index contributed by atoms with van der Waals surface area (Å²) in [7, 11) is 0. The number of hydrogen-bond donors (Lipinski definition) is 1. The summed E-state index contributed by atoms with van der Waals surface area (Å²) in [6.45, 7) is 1.69. The molecule has 17 heavy (non-hydrogen) atoms. The fourth-order valence-corrected chi connectivity index (χ4v) is 1.07. The fourth-order valence-electron chi connectivity index (χ4n) is 1.07. The third kappa shape index (κ3) is 3.86. The standard InChI is InChI=1S/C9H13F4NO3/c1-3-14(4-5(2)6(15)16)8(17)9(12,13)7(10)11/h5,7H,3-4H2,1-2H3,(H,15,16). The number of rotatable bonds is 6. The summed E-state index contributed by atoms with van der Waals surface area (Å²) >= 11 is 0. The van der Waals surface area contributed by atoms with Crippen LogP contribution in [-0.4, -0.2) is 47.3 Å². The quantitative estimate of drug-likeness (QED) is 0.734. The average molecular weight is 259 g/mol. The van der Waals surface area contributed by atoms with Crippen LogP contribution in [0, 0.1) is 5.92 Å². The van der Waals surface area contributed by atoms with E-state index in [1.165, 1.54) is 13.8 Å². The lowest BCUT2D eigenvalue weighted by atomic mass is 10.1. The Balaban J connectivity index is 4.79. The van der Waals surface area contributed by atoms with Crippen LogP contribution in [0.3, 0.4) is 0 Å². The molecule has 1 amide bonds. The van der Waals surface area contributed by atoms with Crippen molar-refractivity contribution in [1.29, 1.82) is 0 Å². The van der Waals surface area contributed by atoms with Crippen LogP contribution in [0.25, 0.3) is 0 Å². The average Bonchev–Trinajstić information content (AvgIpc) is 2.23. The first-order chi connectivity index (χ1) is 7.64. The van der Waals surface area contributed by atoms with Crippen molar-refractivity contribution in [3.05, 3.63) is 0 Å². The number of amides is 1. The Morgan fingerprint density at radius 2 is 1.82 bits per heavy atom. The van der Waals surface area contributed by atoms with E-state index in [9.17, 15) is 27.2 Å². The molecule has 0 aliphatic heterocycles. The van der Waals surface area contributed by atoms with Crippen molar-refractivity contribution in [3.8, 4) is 0 Å². The van der Waals surface area contributed by atoms with Crippen LogP contribution in [0.15, 0.2) is 0 Å². The van der Waals surface area contributed by atoms with Crippen molar-refractivity contribution in [3.63, 3.8) is 0 Å². The smallest absolute Gasteiger partial charge is 0.383 e. The number of nitrogens with zero attached hydrogens (tertiary/aromatic N) is 1. The minimum atomic E-state index is -4.78. The molecular formula is C9H13F4NO3. The molecule has 0 spiro atoms. The molecule has 0 aromatic carbocycles. The number of carboxylic acid groups (broad SMARTS) is 1. The van der Waals surface area contributed by atoms with Crippen LogP contribution in [-0.2, 0) is 9.59 Å². The molecule has 0 saturated heterocycles. The molecule has 0 saturated carbocycles. The summed E-state index contributed by atoms with van der Waals surface area (Å²) in [5.41, 5.74) is 0. The first kappa shape index (κ1) is 15.7. The van der Waals surface area contributed by atoms with Gasteiger partial charge in [0.15, 0.2) is 0 Å². The second kappa shape index (κ2) is 5.83. The summed E-state index contributed by atoms with van der Waals surface area (Å²) < 4.78 is 49.4. The zero-order chi connectivity index (χ0) is 13.8. The highest BCUT2D eigenvalue weighted by atomic mass is 19.3. The lowest BCUT2D eigenvalue weighted by Gasteiger charge is -2.26. The number of aliphatic carboxylic acids is 1. The van der Waals surface area contributed by atoms with E-state index in [4.69, 9.17) is 5.11 Å². The Kier molecular flexibility index (Phi) is 5.37. The number of halogens is 4. The molecule has 0 heterocycles. The van der Waals surface area contributed by atoms with Gasteiger partial charge in [-0.1, -0.05) is 6.92 Å². The van der Waals surface area contributed by atoms with Crippen molar-refractivity contribution in [1.82, 2.24) is 4.90 Å². The Labute approximate surface area is 95.2 Å². The summed E-state index contributed by atoms with van der Waals surface area (Å²) in [6, 6.07) is 0. The molecule has 4 nitrogen and oxygen atoms in total. The molecule has 8 heteroatoms. The van der Waals surface area contributed by atoms with Gasteiger partial charge in [0.05, 0.1) is 5.92 Å². The molecular weight excluding hydrogens is 246 g/mol. The van der Waals surface area contributed by atoms with E-state index in [1.54, 1.807) is 0 Å². The highest BCUT2D eigenvalue weighted by molar-refractivity contribution is 5.84. The van der Waals surface area contributed by atoms with Crippen LogP contribution >= 0.6 is 0 Å². The van der Waals surface area contributed by atoms with Gasteiger partial charge in [0.25, 0.3) is 5.91 Å². The minimum Gasteiger partial charge on any atom is -0.481 e. The van der Waals surface area contributed by atoms with Crippen molar-refractivity contribution in [2.75, 3.05) is 13.1 Å². The number of alkyl halides is 4. The van der Waals surface area contributed by atoms with Gasteiger partial charge >= 0.3 is 18.3 Å². The summed E-state index contributed by atoms with van der Waals surface area (Å²) in [5, 5.41) is 8.55. The summed E-state index contributed by atoms with van der Waals surface area (Å²) in [5.74, 6) is -9.24. The number of carbonyl (C=O) groups excluding carboxylic acids is 1. The Bertz CT molecular complexity index is 296. The van der Waals surface area contributed by atoms with Gasteiger partial charge in [-0.25, -0.2) is 8.78 Å². The first-order valence-corrected chi connectivity index (χ1v) is 4.82. The van der Waals surface area contributed by atoms with Gasteiger partial charge in [-0.15, -0.1) is 0 Å². The molecule has 100 valence electrons. The van der Waals surface area contributed by atoms with Gasteiger partial charge in [0, 0.05) is 13.1 Å². The molecule has 0 bridgehead atoms. The van der Waals surface area contributed by atoms with Gasteiger partial charge < -0.3 is 10.0 Å². The molecule has 0 fully saturated rings. The van der Waals surface area contributed by atoms with Crippen LogP contribution < -0.4 is 0 Å². The van der Waals surface area contributed by atoms with E-state index in [-0.39, 0.29) is 6.54 Å². The predicted molar refractivity (Wildman–Crippen MR) is 50.0 cm³/mol. The molecule has 0 aliphatic rings. The number of carbonyl (C=O) groups is 2. The maximum atomic E-state index is 12.7. The third-order valence-electron chi connectivity index (χ3n) is 2.14. The van der Waals surface area contributed by atoms with Crippen molar-refractivity contribution in [2.45, 2.75) is 26.2 Å². The second-order valence-corrected chi connectivity index (χ2v) is 3.51. The van der Waals surface area contributed by atoms with Gasteiger partial charge in [0.2, 0.25) is 0 Å². The van der Waals surface area contributed by atoms with Crippen molar-refractivity contribution < 1.29 is 32.3 Å². The lowest BCUT2D eigenvalue weighted by molar-refractivity contribution is -0.181. The monoisotopic (exact) mass is 259 g/mol. The minimum absolute atomic E-state index is 0.265. The number of hydrogen-bond acceptors (Lipinski definition) is 2. The second-order valence-electron chi connectivity index (χ2n) is 3.51. The van der Waals surface area contributed by atoms with E-state index < -0.39 is 36.7 Å². The third-order valence-corrected chi connectivity index (χ3v) is 2.14. The van der Waals surface area contributed by atoms with E-state index in [0.717, 1.165) is 0 Å². The lowest BCUT2D eigenvalue weighted by Crippen LogP contribution is -2.49. The van der Waals surface area contributed by atoms with E-state index >= 15 is 0 Å². The molecule has 1 N–H and O–H groups in total. The molecule has 1 atom stereocenters. The molecule has 0 aromatic heterocycles. The molecule has 0 aromatic rings. The highest BCUT2D eigenvalue weighted by Crippen LogP contribution is 2.25. The van der Waals surface area contributed by atoms with Gasteiger partial charge in [-0.2, -0.15) is 8.78 Å². The topological polar surface area (TPSA) is 57.6 Å². The maximum absolute atomic E-state index is 12.7. The van der Waals surface area contributed by atoms with E-state index in [2.05, 4.69) is 0 Å². The SMILES string of the molecule is CCN(CC(C)C(=O)O)C(=O)C(F)(F)C(F)F. The maximum Gasteiger partial charge on any atom is 0.383 e. The van der Waals surface area contributed by atoms with Crippen LogP contribution in [0.2, 0.25) is 0 Å². The van der Waals surface area contributed by atoms with Crippen LogP contribution in [0.4, 0.5) is 17.6 Å². The highest BCUT2D eigenvalue weighted by Gasteiger charge is 2.51. The molecule has 0 aliphatic carbocycles. The van der Waals surface area contributed by atoms with Crippen LogP contribution in [0.5, 0.6) is 0 Å². The zero-order valence-corrected chi connectivity index (χ0v) is 9.29. The molecule has 0 radical (unpaired) electrons. The zero-order valence-electron chi connectivity index (χ0n) is 9.29. The van der Waals surface area contributed by atoms with Gasteiger partial charge in [-0.05, 0) is 6.92 Å². The summed E-state index contributed by atoms with van der Waals surface area (Å²) in [4.78, 5) is 22.0. The Morgan fingerprint density at radius 1 is 1.35 bits per heavy atom. The Hall–Kier alpha value is -1.34. The first-order valence-electron chi connectivity index (χ1n) is 4.82. The van der Waals surface area contributed by atoms with E-state index in [0.29, 0.717) is 4.90 Å². The molecule has 1 unspecified atom stereocenters. The normalized spacial score (nSPS) is 13.6. The van der Waals surface area contributed by atoms with Gasteiger partial charge in [-0.3, -0.25) is 9.59 Å². The fraction of sp³-hybridized carbons (Fsp3) is 0.778.